The number of alkyl halides is 2. The van der Waals surface area contributed by atoms with Crippen molar-refractivity contribution in [1.82, 2.24) is 16.0 Å². The third-order valence-electron chi connectivity index (χ3n) is 3.46. The zero-order chi connectivity index (χ0) is 21.9. The van der Waals surface area contributed by atoms with Gasteiger partial charge in [0.25, 0.3) is 0 Å². The number of hydrogen-bond donors (Lipinski definition) is 3. The molecule has 0 heterocycles. The summed E-state index contributed by atoms with van der Waals surface area (Å²) in [4.78, 5) is 15.7. The Kier molecular flexibility index (Phi) is 13.1. The molecule has 1 aromatic rings. The Morgan fingerprint density at radius 3 is 2.30 bits per heavy atom. The number of methoxy groups -OCH3 is 1. The van der Waals surface area contributed by atoms with E-state index in [-0.39, 0.29) is 35.5 Å². The molecular formula is C19H31F2IN4O4. The van der Waals surface area contributed by atoms with Gasteiger partial charge in [0.15, 0.2) is 17.5 Å². The highest BCUT2D eigenvalue weighted by atomic mass is 127. The van der Waals surface area contributed by atoms with Crippen molar-refractivity contribution in [2.75, 3.05) is 33.8 Å². The van der Waals surface area contributed by atoms with E-state index in [4.69, 9.17) is 9.47 Å². The topological polar surface area (TPSA) is 93.2 Å². The third-order valence-corrected chi connectivity index (χ3v) is 3.46. The summed E-state index contributed by atoms with van der Waals surface area (Å²) in [5.41, 5.74) is 0.257. The number of carbonyl (C=O) groups excluding carboxylic acids is 1. The second-order valence-corrected chi connectivity index (χ2v) is 6.97. The quantitative estimate of drug-likeness (QED) is 0.192. The van der Waals surface area contributed by atoms with E-state index < -0.39 is 18.3 Å². The summed E-state index contributed by atoms with van der Waals surface area (Å²) < 4.78 is 39.6. The fraction of sp³-hybridized carbons (Fsp3) is 0.579. The fourth-order valence-corrected chi connectivity index (χ4v) is 2.27. The summed E-state index contributed by atoms with van der Waals surface area (Å²) in [7, 11) is 3.01. The van der Waals surface area contributed by atoms with E-state index in [2.05, 4.69) is 25.7 Å². The van der Waals surface area contributed by atoms with Crippen LogP contribution in [0.2, 0.25) is 0 Å². The number of amides is 1. The van der Waals surface area contributed by atoms with Crippen molar-refractivity contribution in [2.45, 2.75) is 39.4 Å². The number of benzene rings is 1. The molecule has 0 bridgehead atoms. The van der Waals surface area contributed by atoms with Gasteiger partial charge in [0.1, 0.15) is 5.60 Å². The Bertz CT molecular complexity index is 685. The lowest BCUT2D eigenvalue weighted by molar-refractivity contribution is -0.0512. The summed E-state index contributed by atoms with van der Waals surface area (Å²) in [5.74, 6) is 0.793. The van der Waals surface area contributed by atoms with Crippen LogP contribution in [-0.2, 0) is 11.2 Å². The molecule has 1 aromatic carbocycles. The molecule has 0 aliphatic rings. The second-order valence-electron chi connectivity index (χ2n) is 6.97. The predicted octanol–water partition coefficient (Wildman–Crippen LogP) is 3.15. The average molecular weight is 544 g/mol. The van der Waals surface area contributed by atoms with Crippen LogP contribution in [0, 0.1) is 0 Å². The Morgan fingerprint density at radius 2 is 1.73 bits per heavy atom. The highest BCUT2D eigenvalue weighted by molar-refractivity contribution is 14.0. The molecule has 0 unspecified atom stereocenters. The summed E-state index contributed by atoms with van der Waals surface area (Å²) in [5, 5.41) is 8.80. The van der Waals surface area contributed by atoms with Crippen LogP contribution in [0.4, 0.5) is 13.6 Å². The van der Waals surface area contributed by atoms with E-state index in [0.29, 0.717) is 32.0 Å². The first kappa shape index (κ1) is 27.9. The van der Waals surface area contributed by atoms with E-state index in [1.54, 1.807) is 40.0 Å². The van der Waals surface area contributed by atoms with Crippen molar-refractivity contribution < 1.29 is 27.8 Å². The summed E-state index contributed by atoms with van der Waals surface area (Å²) in [6.45, 7) is 3.79. The Morgan fingerprint density at radius 1 is 1.10 bits per heavy atom. The number of nitrogens with zero attached hydrogens (tertiary/aromatic N) is 1. The molecule has 0 radical (unpaired) electrons. The molecule has 0 fully saturated rings. The van der Waals surface area contributed by atoms with Crippen LogP contribution in [0.5, 0.6) is 11.5 Å². The maximum Gasteiger partial charge on any atom is 0.407 e. The van der Waals surface area contributed by atoms with Crippen molar-refractivity contribution in [3.8, 4) is 11.5 Å². The third kappa shape index (κ3) is 11.8. The highest BCUT2D eigenvalue weighted by Gasteiger charge is 2.15. The first-order chi connectivity index (χ1) is 13.6. The monoisotopic (exact) mass is 544 g/mol. The van der Waals surface area contributed by atoms with Gasteiger partial charge in [-0.25, -0.2) is 4.79 Å². The van der Waals surface area contributed by atoms with E-state index in [9.17, 15) is 13.6 Å². The Hall–Kier alpha value is -2.05. The average Bonchev–Trinajstić information content (AvgIpc) is 2.62. The van der Waals surface area contributed by atoms with Gasteiger partial charge in [-0.15, -0.1) is 24.0 Å². The largest absolute Gasteiger partial charge is 0.493 e. The number of guanidine groups is 1. The summed E-state index contributed by atoms with van der Waals surface area (Å²) >= 11 is 0. The normalized spacial score (nSPS) is 11.4. The molecule has 3 N–H and O–H groups in total. The number of rotatable bonds is 9. The van der Waals surface area contributed by atoms with Crippen molar-refractivity contribution >= 4 is 36.0 Å². The zero-order valence-electron chi connectivity index (χ0n) is 17.9. The lowest BCUT2D eigenvalue weighted by Gasteiger charge is -2.20. The number of nitrogens with one attached hydrogen (secondary N) is 3. The minimum atomic E-state index is -2.92. The predicted molar refractivity (Wildman–Crippen MR) is 122 cm³/mol. The van der Waals surface area contributed by atoms with Gasteiger partial charge >= 0.3 is 12.7 Å². The van der Waals surface area contributed by atoms with Crippen molar-refractivity contribution in [1.29, 1.82) is 0 Å². The molecule has 8 nitrogen and oxygen atoms in total. The fourth-order valence-electron chi connectivity index (χ4n) is 2.27. The molecule has 30 heavy (non-hydrogen) atoms. The van der Waals surface area contributed by atoms with Gasteiger partial charge in [-0.2, -0.15) is 8.78 Å². The van der Waals surface area contributed by atoms with Crippen LogP contribution < -0.4 is 25.4 Å². The van der Waals surface area contributed by atoms with E-state index in [1.807, 2.05) is 0 Å². The van der Waals surface area contributed by atoms with E-state index in [0.717, 1.165) is 5.56 Å². The van der Waals surface area contributed by atoms with Crippen molar-refractivity contribution in [3.05, 3.63) is 23.8 Å². The smallest absolute Gasteiger partial charge is 0.407 e. The van der Waals surface area contributed by atoms with Crippen molar-refractivity contribution in [2.24, 2.45) is 4.99 Å². The lowest BCUT2D eigenvalue weighted by Crippen LogP contribution is -2.43. The number of aliphatic imine (C=N–C) groups is 1. The van der Waals surface area contributed by atoms with Gasteiger partial charge in [-0.1, -0.05) is 6.07 Å². The SMILES string of the molecule is CN=C(NCCNC(=O)OC(C)(C)C)NCCc1ccc(OC)c(OC(F)F)c1.I. The molecule has 1 amide bonds. The standard InChI is InChI=1S/C19H30F2N4O4.HI/c1-19(2,3)29-18(26)25-11-10-24-17(22-4)23-9-8-13-6-7-14(27-5)15(12-13)28-16(20)21;/h6-7,12,16H,8-11H2,1-5H3,(H,25,26)(H2,22,23,24);1H. The van der Waals surface area contributed by atoms with Gasteiger partial charge in [-0.3, -0.25) is 4.99 Å². The van der Waals surface area contributed by atoms with Crippen molar-refractivity contribution in [3.63, 3.8) is 0 Å². The van der Waals surface area contributed by atoms with E-state index >= 15 is 0 Å². The molecule has 0 saturated carbocycles. The molecular weight excluding hydrogens is 513 g/mol. The summed E-state index contributed by atoms with van der Waals surface area (Å²) in [6.07, 6.45) is 0.0732. The molecule has 0 aromatic heterocycles. The molecule has 0 aliphatic heterocycles. The van der Waals surface area contributed by atoms with Crippen LogP contribution in [0.15, 0.2) is 23.2 Å². The number of halogens is 3. The van der Waals surface area contributed by atoms with Gasteiger partial charge in [-0.05, 0) is 44.9 Å². The molecule has 0 aliphatic carbocycles. The molecule has 1 rings (SSSR count). The molecule has 11 heteroatoms. The zero-order valence-corrected chi connectivity index (χ0v) is 20.2. The maximum atomic E-state index is 12.5. The molecule has 0 saturated heterocycles. The van der Waals surface area contributed by atoms with Gasteiger partial charge in [0.2, 0.25) is 0 Å². The molecule has 0 atom stereocenters. The van der Waals surface area contributed by atoms with Crippen LogP contribution in [0.3, 0.4) is 0 Å². The minimum Gasteiger partial charge on any atom is -0.493 e. The van der Waals surface area contributed by atoms with Crippen LogP contribution >= 0.6 is 24.0 Å². The first-order valence-electron chi connectivity index (χ1n) is 9.17. The number of hydrogen-bond acceptors (Lipinski definition) is 5. The lowest BCUT2D eigenvalue weighted by atomic mass is 10.1. The van der Waals surface area contributed by atoms with Gasteiger partial charge in [0, 0.05) is 26.7 Å². The number of alkyl carbamates (subject to hydrolysis) is 1. The van der Waals surface area contributed by atoms with Crippen LogP contribution in [0.25, 0.3) is 0 Å². The second kappa shape index (κ2) is 14.0. The van der Waals surface area contributed by atoms with Gasteiger partial charge in [0.05, 0.1) is 7.11 Å². The Labute approximate surface area is 193 Å². The minimum absolute atomic E-state index is 0. The first-order valence-corrected chi connectivity index (χ1v) is 9.17. The van der Waals surface area contributed by atoms with Crippen LogP contribution in [-0.4, -0.2) is 58.1 Å². The summed E-state index contributed by atoms with van der Waals surface area (Å²) in [6, 6.07) is 4.88. The van der Waals surface area contributed by atoms with Crippen LogP contribution in [0.1, 0.15) is 26.3 Å². The number of carbonyl (C=O) groups is 1. The Balaban J connectivity index is 0.00000841. The maximum absolute atomic E-state index is 12.5. The molecule has 172 valence electrons. The highest BCUT2D eigenvalue weighted by Crippen LogP contribution is 2.29. The number of ether oxygens (including phenoxy) is 3. The molecule has 0 spiro atoms. The van der Waals surface area contributed by atoms with E-state index in [1.165, 1.54) is 13.2 Å². The van der Waals surface area contributed by atoms with Gasteiger partial charge < -0.3 is 30.2 Å².